The lowest BCUT2D eigenvalue weighted by molar-refractivity contribution is -0.379. The van der Waals surface area contributed by atoms with Crippen LogP contribution in [0.3, 0.4) is 0 Å². The van der Waals surface area contributed by atoms with E-state index in [2.05, 4.69) is 27.7 Å². The van der Waals surface area contributed by atoms with Crippen LogP contribution in [-0.4, -0.2) is 12.1 Å². The summed E-state index contributed by atoms with van der Waals surface area (Å²) in [6.45, 7) is 0. The second-order valence-electron chi connectivity index (χ2n) is 4.62. The molecule has 0 saturated carbocycles. The summed E-state index contributed by atoms with van der Waals surface area (Å²) in [5, 5.41) is 4.08. The van der Waals surface area contributed by atoms with Crippen LogP contribution in [0.25, 0.3) is 0 Å². The van der Waals surface area contributed by atoms with Crippen LogP contribution in [0.5, 0.6) is 0 Å². The van der Waals surface area contributed by atoms with Gasteiger partial charge in [0.1, 0.15) is 10.0 Å². The summed E-state index contributed by atoms with van der Waals surface area (Å²) in [4.78, 5) is 14.6. The molecule has 0 spiro atoms. The van der Waals surface area contributed by atoms with Crippen LogP contribution >= 0.6 is 34.8 Å². The number of rotatable bonds is 3. The van der Waals surface area contributed by atoms with E-state index in [9.17, 15) is 4.79 Å². The van der Waals surface area contributed by atoms with Gasteiger partial charge in [0, 0.05) is 6.21 Å². The third-order valence-electron chi connectivity index (χ3n) is 3.11. The predicted octanol–water partition coefficient (Wildman–Crippen LogP) is 3.12. The number of carbonyl (C=O) groups is 1. The van der Waals surface area contributed by atoms with Crippen molar-refractivity contribution in [3.63, 3.8) is 0 Å². The first-order valence-electron chi connectivity index (χ1n) is 6.34. The molecule has 0 bridgehead atoms. The summed E-state index contributed by atoms with van der Waals surface area (Å²) < 4.78 is 0. The zero-order valence-electron chi connectivity index (χ0n) is 11.0. The van der Waals surface area contributed by atoms with Crippen LogP contribution < -0.4 is 16.1 Å². The maximum Gasteiger partial charge on any atom is 0.337 e. The number of halogens is 3. The summed E-state index contributed by atoms with van der Waals surface area (Å²) in [6.07, 6.45) is 8.92. The number of nitrogens with zero attached hydrogens (tertiary/aromatic N) is 1. The smallest absolute Gasteiger partial charge is 0.337 e. The maximum atomic E-state index is 12.0. The van der Waals surface area contributed by atoms with E-state index in [1.807, 2.05) is 0 Å². The molecule has 2 rings (SSSR count). The molecule has 1 amide bonds. The Morgan fingerprint density at radius 2 is 2.14 bits per heavy atom. The Kier molecular flexibility index (Phi) is 5.45. The van der Waals surface area contributed by atoms with E-state index in [0.29, 0.717) is 5.92 Å². The molecule has 1 aromatic rings. The average molecular weight is 349 g/mol. The second kappa shape index (κ2) is 7.11. The number of hydrogen-bond donors (Lipinski definition) is 2. The molecule has 0 saturated heterocycles. The van der Waals surface area contributed by atoms with Crippen molar-refractivity contribution < 1.29 is 9.78 Å². The van der Waals surface area contributed by atoms with Crippen LogP contribution in [0.4, 0.5) is 5.69 Å². The lowest BCUT2D eigenvalue weighted by atomic mass is 9.96. The Morgan fingerprint density at radius 3 is 2.81 bits per heavy atom. The molecule has 0 aromatic carbocycles. The van der Waals surface area contributed by atoms with Crippen molar-refractivity contribution in [1.29, 1.82) is 0 Å². The van der Waals surface area contributed by atoms with Gasteiger partial charge >= 0.3 is 5.91 Å². The molecule has 1 aliphatic carbocycles. The molecule has 0 fully saturated rings. The minimum absolute atomic E-state index is 0.0118. The zero-order chi connectivity index (χ0) is 15.4. The van der Waals surface area contributed by atoms with E-state index >= 15 is 0 Å². The Morgan fingerprint density at radius 1 is 1.38 bits per heavy atom. The molecular weight excluding hydrogens is 335 g/mol. The van der Waals surface area contributed by atoms with E-state index < -0.39 is 5.91 Å². The van der Waals surface area contributed by atoms with Gasteiger partial charge in [0.15, 0.2) is 0 Å². The first-order valence-corrected chi connectivity index (χ1v) is 7.48. The fraction of sp³-hybridized carbons (Fsp3) is 0.308. The van der Waals surface area contributed by atoms with Crippen LogP contribution in [0.2, 0.25) is 15.2 Å². The molecule has 0 unspecified atom stereocenters. The van der Waals surface area contributed by atoms with Gasteiger partial charge in [0.05, 0.1) is 5.69 Å². The highest BCUT2D eigenvalue weighted by Gasteiger charge is 2.25. The number of anilines is 1. The van der Waals surface area contributed by atoms with Crippen molar-refractivity contribution in [2.45, 2.75) is 19.3 Å². The number of aromatic nitrogens is 1. The first kappa shape index (κ1) is 16.1. The van der Waals surface area contributed by atoms with Gasteiger partial charge in [-0.25, -0.2) is 5.43 Å². The molecule has 1 aliphatic rings. The lowest BCUT2D eigenvalue weighted by Crippen LogP contribution is -2.28. The molecule has 0 aliphatic heterocycles. The Bertz CT molecular complexity index is 616. The topological polar surface area (TPSA) is 81.6 Å². The van der Waals surface area contributed by atoms with E-state index in [1.54, 1.807) is 6.21 Å². The highest BCUT2D eigenvalue weighted by atomic mass is 35.5. The second-order valence-corrected chi connectivity index (χ2v) is 5.75. The van der Waals surface area contributed by atoms with Crippen molar-refractivity contribution in [2.75, 3.05) is 5.73 Å². The van der Waals surface area contributed by atoms with E-state index in [4.69, 9.17) is 40.5 Å². The number of nitrogen functional groups attached to an aromatic ring is 1. The van der Waals surface area contributed by atoms with Gasteiger partial charge in [-0.05, 0) is 36.8 Å². The molecular formula is C13H14Cl3N4O+. The fourth-order valence-electron chi connectivity index (χ4n) is 1.93. The van der Waals surface area contributed by atoms with E-state index in [1.165, 1.54) is 0 Å². The Labute approximate surface area is 137 Å². The summed E-state index contributed by atoms with van der Waals surface area (Å²) in [5.74, 6) is -0.207. The summed E-state index contributed by atoms with van der Waals surface area (Å²) >= 11 is 17.6. The number of allylic oxidation sites excluding steroid dienone is 2. The van der Waals surface area contributed by atoms with Gasteiger partial charge in [-0.15, -0.1) is 0 Å². The number of pyridine rings is 1. The standard InChI is InChI=1S/C13H13Cl3N4O/c14-8-10(17)9(15)12(16)19-11(8)13(21)20-18-6-7-4-2-1-3-5-7/h1-2,6-7H,3-5H2,(H2,17,19)(H,20,21)/p+1/b18-6-/t7-/m0/s1. The first-order chi connectivity index (χ1) is 10.0. The Balaban J connectivity index is 2.07. The molecule has 1 aromatic heterocycles. The average Bonchev–Trinajstić information content (AvgIpc) is 2.49. The van der Waals surface area contributed by atoms with Crippen molar-refractivity contribution >= 4 is 52.6 Å². The van der Waals surface area contributed by atoms with Crippen molar-refractivity contribution in [3.8, 4) is 0 Å². The van der Waals surface area contributed by atoms with Gasteiger partial charge in [-0.1, -0.05) is 35.4 Å². The third kappa shape index (κ3) is 3.87. The van der Waals surface area contributed by atoms with Gasteiger partial charge in [0.25, 0.3) is 10.8 Å². The van der Waals surface area contributed by atoms with Crippen LogP contribution in [0.15, 0.2) is 17.3 Å². The van der Waals surface area contributed by atoms with Crippen LogP contribution in [0.1, 0.15) is 29.8 Å². The SMILES string of the molecule is Nc1c(Cl)c(Cl)[nH+]c(C(=O)N/N=C\[C@H]2CC=CCC2)c1Cl. The normalized spacial score (nSPS) is 18.1. The van der Waals surface area contributed by atoms with Crippen LogP contribution in [0, 0.1) is 5.92 Å². The number of hydrogen-bond acceptors (Lipinski definition) is 3. The molecule has 4 N–H and O–H groups in total. The number of carbonyl (C=O) groups excluding carboxylic acids is 1. The van der Waals surface area contributed by atoms with Crippen molar-refractivity contribution in [1.82, 2.24) is 5.43 Å². The number of aromatic amines is 1. The number of hydrazone groups is 1. The fourth-order valence-corrected chi connectivity index (χ4v) is 2.55. The molecule has 0 radical (unpaired) electrons. The summed E-state index contributed by atoms with van der Waals surface area (Å²) in [5.41, 5.74) is 8.13. The maximum absolute atomic E-state index is 12.0. The minimum Gasteiger partial charge on any atom is -0.396 e. The van der Waals surface area contributed by atoms with Crippen molar-refractivity contribution in [2.24, 2.45) is 11.0 Å². The molecule has 8 heteroatoms. The van der Waals surface area contributed by atoms with Crippen LogP contribution in [-0.2, 0) is 0 Å². The molecule has 1 atom stereocenters. The molecule has 5 nitrogen and oxygen atoms in total. The minimum atomic E-state index is -0.534. The molecule has 1 heterocycles. The number of amides is 1. The summed E-state index contributed by atoms with van der Waals surface area (Å²) in [7, 11) is 0. The number of H-pyrrole nitrogens is 1. The van der Waals surface area contributed by atoms with Gasteiger partial charge in [-0.3, -0.25) is 4.79 Å². The number of nitrogens with one attached hydrogen (secondary N) is 2. The highest BCUT2D eigenvalue weighted by molar-refractivity contribution is 6.45. The highest BCUT2D eigenvalue weighted by Crippen LogP contribution is 2.31. The lowest BCUT2D eigenvalue weighted by Gasteiger charge is -2.11. The monoisotopic (exact) mass is 347 g/mol. The quantitative estimate of drug-likeness (QED) is 0.381. The zero-order valence-corrected chi connectivity index (χ0v) is 13.3. The van der Waals surface area contributed by atoms with Gasteiger partial charge in [-0.2, -0.15) is 10.1 Å². The third-order valence-corrected chi connectivity index (χ3v) is 4.27. The van der Waals surface area contributed by atoms with E-state index in [0.717, 1.165) is 19.3 Å². The molecule has 21 heavy (non-hydrogen) atoms. The van der Waals surface area contributed by atoms with Gasteiger partial charge < -0.3 is 5.73 Å². The Hall–Kier alpha value is -1.30. The summed E-state index contributed by atoms with van der Waals surface area (Å²) in [6, 6.07) is 0. The van der Waals surface area contributed by atoms with Crippen molar-refractivity contribution in [3.05, 3.63) is 33.0 Å². The predicted molar refractivity (Wildman–Crippen MR) is 84.9 cm³/mol. The number of nitrogens with two attached hydrogens (primary N) is 1. The largest absolute Gasteiger partial charge is 0.396 e. The van der Waals surface area contributed by atoms with E-state index in [-0.39, 0.29) is 26.6 Å². The molecule has 112 valence electrons. The van der Waals surface area contributed by atoms with Gasteiger partial charge in [0.2, 0.25) is 0 Å².